The van der Waals surface area contributed by atoms with Gasteiger partial charge in [0.25, 0.3) is 0 Å². The van der Waals surface area contributed by atoms with E-state index in [1.165, 1.54) is 18.2 Å². The largest absolute Gasteiger partial charge is 0.508 e. The van der Waals surface area contributed by atoms with Gasteiger partial charge in [-0.2, -0.15) is 0 Å². The van der Waals surface area contributed by atoms with Gasteiger partial charge in [-0.15, -0.1) is 0 Å². The molecule has 1 aromatic rings. The van der Waals surface area contributed by atoms with Crippen molar-refractivity contribution in [1.29, 1.82) is 0 Å². The van der Waals surface area contributed by atoms with Gasteiger partial charge in [0.2, 0.25) is 0 Å². The van der Waals surface area contributed by atoms with Crippen molar-refractivity contribution in [2.45, 2.75) is 18.4 Å². The zero-order chi connectivity index (χ0) is 8.77. The molecule has 0 saturated heterocycles. The van der Waals surface area contributed by atoms with E-state index in [0.29, 0.717) is 5.56 Å². The van der Waals surface area contributed by atoms with Crippen molar-refractivity contribution >= 4 is 0 Å². The van der Waals surface area contributed by atoms with E-state index in [4.69, 9.17) is 5.73 Å². The van der Waals surface area contributed by atoms with Crippen molar-refractivity contribution in [3.8, 4) is 5.75 Å². The highest BCUT2D eigenvalue weighted by molar-refractivity contribution is 5.41. The van der Waals surface area contributed by atoms with Gasteiger partial charge in [-0.05, 0) is 31.0 Å². The first kappa shape index (κ1) is 7.55. The Kier molecular flexibility index (Phi) is 1.38. The average Bonchev–Trinajstić information content (AvgIpc) is 2.75. The highest BCUT2D eigenvalue weighted by Crippen LogP contribution is 2.46. The summed E-state index contributed by atoms with van der Waals surface area (Å²) in [7, 11) is 0. The van der Waals surface area contributed by atoms with Gasteiger partial charge in [0.1, 0.15) is 11.6 Å². The molecule has 0 amide bonds. The highest BCUT2D eigenvalue weighted by Gasteiger charge is 2.42. The molecule has 0 aliphatic heterocycles. The number of phenols is 1. The molecule has 1 aliphatic rings. The number of hydrogen-bond acceptors (Lipinski definition) is 2. The van der Waals surface area contributed by atoms with E-state index in [-0.39, 0.29) is 11.6 Å². The molecule has 1 fully saturated rings. The standard InChI is InChI=1S/C9H10FNO/c10-6-1-2-8(12)7(5-6)9(11)3-4-9/h1-2,5,12H,3-4,11H2. The Balaban J connectivity index is 2.48. The fourth-order valence-electron chi connectivity index (χ4n) is 1.31. The number of benzene rings is 1. The number of hydrogen-bond donors (Lipinski definition) is 2. The van der Waals surface area contributed by atoms with E-state index in [2.05, 4.69) is 0 Å². The molecule has 3 heteroatoms. The van der Waals surface area contributed by atoms with Crippen LogP contribution in [0.15, 0.2) is 18.2 Å². The number of phenolic OH excluding ortho intramolecular Hbond substituents is 1. The predicted molar refractivity (Wildman–Crippen MR) is 43.2 cm³/mol. The zero-order valence-electron chi connectivity index (χ0n) is 6.55. The maximum atomic E-state index is 12.7. The van der Waals surface area contributed by atoms with E-state index in [1.54, 1.807) is 0 Å². The maximum absolute atomic E-state index is 12.7. The van der Waals surface area contributed by atoms with Crippen LogP contribution in [0.1, 0.15) is 18.4 Å². The monoisotopic (exact) mass is 167 g/mol. The van der Waals surface area contributed by atoms with Gasteiger partial charge in [-0.25, -0.2) is 4.39 Å². The third-order valence-corrected chi connectivity index (χ3v) is 2.28. The van der Waals surface area contributed by atoms with Crippen molar-refractivity contribution in [2.24, 2.45) is 5.73 Å². The molecule has 1 saturated carbocycles. The minimum absolute atomic E-state index is 0.0939. The summed E-state index contributed by atoms with van der Waals surface area (Å²) >= 11 is 0. The van der Waals surface area contributed by atoms with Crippen LogP contribution in [0.25, 0.3) is 0 Å². The van der Waals surface area contributed by atoms with Crippen molar-refractivity contribution in [3.05, 3.63) is 29.6 Å². The summed E-state index contributed by atoms with van der Waals surface area (Å²) in [4.78, 5) is 0. The van der Waals surface area contributed by atoms with Crippen LogP contribution >= 0.6 is 0 Å². The summed E-state index contributed by atoms with van der Waals surface area (Å²) in [5.74, 6) is -0.254. The highest BCUT2D eigenvalue weighted by atomic mass is 19.1. The smallest absolute Gasteiger partial charge is 0.123 e. The summed E-state index contributed by atoms with van der Waals surface area (Å²) in [6, 6.07) is 3.88. The third kappa shape index (κ3) is 1.06. The first-order chi connectivity index (χ1) is 5.62. The summed E-state index contributed by atoms with van der Waals surface area (Å²) < 4.78 is 12.7. The molecule has 0 spiro atoms. The van der Waals surface area contributed by atoms with Gasteiger partial charge >= 0.3 is 0 Å². The Morgan fingerprint density at radius 3 is 2.67 bits per heavy atom. The first-order valence-electron chi connectivity index (χ1n) is 3.90. The molecule has 3 N–H and O–H groups in total. The van der Waals surface area contributed by atoms with E-state index in [0.717, 1.165) is 12.8 Å². The van der Waals surface area contributed by atoms with Crippen LogP contribution in [0.2, 0.25) is 0 Å². The maximum Gasteiger partial charge on any atom is 0.123 e. The molecule has 0 radical (unpaired) electrons. The minimum Gasteiger partial charge on any atom is -0.508 e. The normalized spacial score (nSPS) is 19.2. The van der Waals surface area contributed by atoms with E-state index in [9.17, 15) is 9.50 Å². The van der Waals surface area contributed by atoms with E-state index >= 15 is 0 Å². The number of nitrogens with two attached hydrogens (primary N) is 1. The van der Waals surface area contributed by atoms with Crippen molar-refractivity contribution in [2.75, 3.05) is 0 Å². The summed E-state index contributed by atoms with van der Waals surface area (Å²) in [6.07, 6.45) is 1.65. The van der Waals surface area contributed by atoms with Crippen LogP contribution < -0.4 is 5.73 Å². The molecule has 64 valence electrons. The number of rotatable bonds is 1. The molecule has 0 bridgehead atoms. The van der Waals surface area contributed by atoms with Gasteiger partial charge < -0.3 is 10.8 Å². The molecule has 2 rings (SSSR count). The molecule has 1 aromatic carbocycles. The van der Waals surface area contributed by atoms with Crippen LogP contribution in [0.4, 0.5) is 4.39 Å². The van der Waals surface area contributed by atoms with Crippen molar-refractivity contribution < 1.29 is 9.50 Å². The zero-order valence-corrected chi connectivity index (χ0v) is 6.55. The molecule has 0 heterocycles. The molecular formula is C9H10FNO. The lowest BCUT2D eigenvalue weighted by molar-refractivity contribution is 0.456. The van der Waals surface area contributed by atoms with Gasteiger partial charge in [-0.1, -0.05) is 0 Å². The lowest BCUT2D eigenvalue weighted by atomic mass is 10.0. The predicted octanol–water partition coefficient (Wildman–Crippen LogP) is 1.48. The van der Waals surface area contributed by atoms with Crippen LogP contribution in [0.3, 0.4) is 0 Å². The molecule has 2 nitrogen and oxygen atoms in total. The minimum atomic E-state index is -0.466. The quantitative estimate of drug-likeness (QED) is 0.665. The van der Waals surface area contributed by atoms with Gasteiger partial charge in [0.15, 0.2) is 0 Å². The Hall–Kier alpha value is -1.09. The van der Waals surface area contributed by atoms with Gasteiger partial charge in [0, 0.05) is 11.1 Å². The Morgan fingerprint density at radius 2 is 2.08 bits per heavy atom. The molecular weight excluding hydrogens is 157 g/mol. The second-order valence-corrected chi connectivity index (χ2v) is 3.32. The Labute approximate surface area is 69.8 Å². The van der Waals surface area contributed by atoms with Crippen LogP contribution in [0, 0.1) is 5.82 Å². The number of aromatic hydroxyl groups is 1. The lowest BCUT2D eigenvalue weighted by Gasteiger charge is -2.10. The summed E-state index contributed by atoms with van der Waals surface area (Å²) in [5.41, 5.74) is 5.87. The topological polar surface area (TPSA) is 46.2 Å². The Morgan fingerprint density at radius 1 is 1.42 bits per heavy atom. The van der Waals surface area contributed by atoms with Crippen LogP contribution in [-0.4, -0.2) is 5.11 Å². The summed E-state index contributed by atoms with van der Waals surface area (Å²) in [5, 5.41) is 9.36. The average molecular weight is 167 g/mol. The molecule has 12 heavy (non-hydrogen) atoms. The fraction of sp³-hybridized carbons (Fsp3) is 0.333. The molecule has 1 aliphatic carbocycles. The van der Waals surface area contributed by atoms with E-state index < -0.39 is 5.54 Å². The number of halogens is 1. The lowest BCUT2D eigenvalue weighted by Crippen LogP contribution is -2.18. The van der Waals surface area contributed by atoms with Crippen molar-refractivity contribution in [3.63, 3.8) is 0 Å². The Bertz CT molecular complexity index is 320. The third-order valence-electron chi connectivity index (χ3n) is 2.28. The second kappa shape index (κ2) is 2.20. The van der Waals surface area contributed by atoms with Crippen molar-refractivity contribution in [1.82, 2.24) is 0 Å². The van der Waals surface area contributed by atoms with Gasteiger partial charge in [-0.3, -0.25) is 0 Å². The van der Waals surface area contributed by atoms with Crippen LogP contribution in [0.5, 0.6) is 5.75 Å². The summed E-state index contributed by atoms with van der Waals surface area (Å²) in [6.45, 7) is 0. The molecule has 0 aromatic heterocycles. The van der Waals surface area contributed by atoms with Gasteiger partial charge in [0.05, 0.1) is 0 Å². The second-order valence-electron chi connectivity index (χ2n) is 3.32. The molecule has 0 atom stereocenters. The molecule has 0 unspecified atom stereocenters. The first-order valence-corrected chi connectivity index (χ1v) is 3.90. The van der Waals surface area contributed by atoms with E-state index in [1.807, 2.05) is 0 Å². The SMILES string of the molecule is NC1(c2cc(F)ccc2O)CC1. The fourth-order valence-corrected chi connectivity index (χ4v) is 1.31. The van der Waals surface area contributed by atoms with Crippen LogP contribution in [-0.2, 0) is 5.54 Å².